The maximum absolute atomic E-state index is 13.5. The number of nitrogens with one attached hydrogen (secondary N) is 1. The SMILES string of the molecule is C#Cc1cc([N+](=O)[O-])cc(S(=O)(=O)N2CCNCC2)c1N(CCOS(C)(=O)=O)CCOS(C)(=O)=O.CS(=O)(=O)O. The zero-order valence-corrected chi connectivity index (χ0v) is 25.0. The number of nitro groups is 1. The molecule has 228 valence electrons. The third-order valence-corrected chi connectivity index (χ3v) is 7.85. The van der Waals surface area contributed by atoms with Gasteiger partial charge in [-0.05, 0) is 0 Å². The molecule has 0 aliphatic carbocycles. The van der Waals surface area contributed by atoms with E-state index in [1.807, 2.05) is 0 Å². The topological polar surface area (TPSA) is 237 Å². The minimum Gasteiger partial charge on any atom is -0.365 e. The molecular weight excluding hydrogens is 620 g/mol. The van der Waals surface area contributed by atoms with Crippen LogP contribution in [0.5, 0.6) is 0 Å². The summed E-state index contributed by atoms with van der Waals surface area (Å²) in [6.45, 7) is -0.459. The second-order valence-corrected chi connectivity index (χ2v) is 14.8. The van der Waals surface area contributed by atoms with Gasteiger partial charge in [0, 0.05) is 51.4 Å². The van der Waals surface area contributed by atoms with Gasteiger partial charge in [0.2, 0.25) is 10.0 Å². The van der Waals surface area contributed by atoms with Gasteiger partial charge in [0.25, 0.3) is 36.0 Å². The molecule has 1 fully saturated rings. The molecule has 0 spiro atoms. The van der Waals surface area contributed by atoms with Crippen molar-refractivity contribution < 1.29 is 51.5 Å². The quantitative estimate of drug-likeness (QED) is 0.0854. The molecule has 2 N–H and O–H groups in total. The molecular formula is C19H30N4O13S4. The molecule has 1 aromatic carbocycles. The van der Waals surface area contributed by atoms with Crippen LogP contribution in [0.25, 0.3) is 0 Å². The third kappa shape index (κ3) is 12.8. The molecule has 0 atom stereocenters. The predicted octanol–water partition coefficient (Wildman–Crippen LogP) is -1.57. The molecule has 0 bridgehead atoms. The van der Waals surface area contributed by atoms with Gasteiger partial charge in [-0.15, -0.1) is 6.42 Å². The standard InChI is InChI=1S/C18H26N4O10S3.CH4O3S/c1-4-15-13-16(22(23)24)14-17(35(29,30)21-7-5-19-6-8-21)18(15)20(9-11-31-33(2,25)26)10-12-32-34(3,27)28;1-5(2,3)4/h1,13-14,19H,5-12H2,2-3H3;1H3,(H,2,3,4). The lowest BCUT2D eigenvalue weighted by Gasteiger charge is -2.31. The highest BCUT2D eigenvalue weighted by Gasteiger charge is 2.33. The smallest absolute Gasteiger partial charge is 0.272 e. The number of sulfonamides is 1. The molecule has 1 saturated heterocycles. The molecule has 1 aliphatic heterocycles. The minimum absolute atomic E-state index is 0.101. The summed E-state index contributed by atoms with van der Waals surface area (Å²) in [7, 11) is -15.7. The molecule has 2 rings (SSSR count). The maximum atomic E-state index is 13.5. The lowest BCUT2D eigenvalue weighted by molar-refractivity contribution is -0.385. The van der Waals surface area contributed by atoms with Crippen LogP contribution in [0.1, 0.15) is 5.56 Å². The summed E-state index contributed by atoms with van der Waals surface area (Å²) >= 11 is 0. The molecule has 0 radical (unpaired) electrons. The summed E-state index contributed by atoms with van der Waals surface area (Å²) in [4.78, 5) is 11.5. The van der Waals surface area contributed by atoms with Gasteiger partial charge in [-0.1, -0.05) is 5.92 Å². The van der Waals surface area contributed by atoms with Crippen LogP contribution in [0.3, 0.4) is 0 Å². The predicted molar refractivity (Wildman–Crippen MR) is 144 cm³/mol. The Balaban J connectivity index is 0.00000146. The Bertz CT molecular complexity index is 1480. The second-order valence-electron chi connectivity index (χ2n) is 8.17. The number of nitro benzene ring substituents is 1. The Morgan fingerprint density at radius 1 is 1.00 bits per heavy atom. The Labute approximate surface area is 233 Å². The van der Waals surface area contributed by atoms with Crippen molar-refractivity contribution in [1.82, 2.24) is 9.62 Å². The Morgan fingerprint density at radius 2 is 1.45 bits per heavy atom. The molecule has 1 aliphatic rings. The summed E-state index contributed by atoms with van der Waals surface area (Å²) in [5, 5.41) is 14.5. The largest absolute Gasteiger partial charge is 0.365 e. The first-order chi connectivity index (χ1) is 18.2. The van der Waals surface area contributed by atoms with Gasteiger partial charge in [-0.25, -0.2) is 8.42 Å². The van der Waals surface area contributed by atoms with Crippen molar-refractivity contribution in [3.8, 4) is 12.3 Å². The maximum Gasteiger partial charge on any atom is 0.272 e. The van der Waals surface area contributed by atoms with Crippen LogP contribution in [0.4, 0.5) is 11.4 Å². The molecule has 21 heteroatoms. The van der Waals surface area contributed by atoms with Gasteiger partial charge in [0.1, 0.15) is 4.90 Å². The number of non-ortho nitro benzene ring substituents is 1. The highest BCUT2D eigenvalue weighted by Crippen LogP contribution is 2.35. The molecule has 0 unspecified atom stereocenters. The summed E-state index contributed by atoms with van der Waals surface area (Å²) in [6.07, 6.45) is 7.93. The van der Waals surface area contributed by atoms with Crippen LogP contribution in [0, 0.1) is 22.5 Å². The number of hydrogen-bond donors (Lipinski definition) is 2. The van der Waals surface area contributed by atoms with E-state index in [9.17, 15) is 43.8 Å². The second kappa shape index (κ2) is 14.5. The van der Waals surface area contributed by atoms with E-state index in [1.165, 1.54) is 4.90 Å². The van der Waals surface area contributed by atoms with Crippen molar-refractivity contribution in [2.45, 2.75) is 4.90 Å². The van der Waals surface area contributed by atoms with Crippen molar-refractivity contribution in [2.24, 2.45) is 0 Å². The van der Waals surface area contributed by atoms with E-state index in [2.05, 4.69) is 11.2 Å². The number of nitrogens with zero attached hydrogens (tertiary/aromatic N) is 3. The number of piperazine rings is 1. The lowest BCUT2D eigenvalue weighted by atomic mass is 10.1. The lowest BCUT2D eigenvalue weighted by Crippen LogP contribution is -2.46. The highest BCUT2D eigenvalue weighted by molar-refractivity contribution is 7.89. The van der Waals surface area contributed by atoms with Gasteiger partial charge in [0.15, 0.2) is 0 Å². The van der Waals surface area contributed by atoms with Crippen LogP contribution < -0.4 is 10.2 Å². The number of rotatable bonds is 12. The average molecular weight is 651 g/mol. The van der Waals surface area contributed by atoms with E-state index in [4.69, 9.17) is 19.3 Å². The summed E-state index contributed by atoms with van der Waals surface area (Å²) in [6, 6.07) is 1.88. The van der Waals surface area contributed by atoms with Crippen molar-refractivity contribution in [3.63, 3.8) is 0 Å². The van der Waals surface area contributed by atoms with Gasteiger partial charge in [-0.2, -0.15) is 29.6 Å². The summed E-state index contributed by atoms with van der Waals surface area (Å²) in [5.74, 6) is 2.24. The average Bonchev–Trinajstić information content (AvgIpc) is 2.80. The van der Waals surface area contributed by atoms with Crippen LogP contribution >= 0.6 is 0 Å². The van der Waals surface area contributed by atoms with E-state index in [0.717, 1.165) is 28.9 Å². The van der Waals surface area contributed by atoms with Gasteiger partial charge >= 0.3 is 0 Å². The van der Waals surface area contributed by atoms with E-state index < -0.39 is 69.1 Å². The molecule has 40 heavy (non-hydrogen) atoms. The molecule has 1 aromatic rings. The summed E-state index contributed by atoms with van der Waals surface area (Å²) < 4.78 is 109. The molecule has 17 nitrogen and oxygen atoms in total. The van der Waals surface area contributed by atoms with Crippen LogP contribution in [0.15, 0.2) is 17.0 Å². The summed E-state index contributed by atoms with van der Waals surface area (Å²) in [5.41, 5.74) is -0.854. The van der Waals surface area contributed by atoms with Crippen LogP contribution in [-0.2, 0) is 48.7 Å². The first kappa shape index (κ1) is 35.6. The van der Waals surface area contributed by atoms with Gasteiger partial charge in [-0.3, -0.25) is 23.0 Å². The first-order valence-electron chi connectivity index (χ1n) is 11.0. The molecule has 0 saturated carbocycles. The molecule has 0 amide bonds. The first-order valence-corrected chi connectivity index (χ1v) is 17.9. The van der Waals surface area contributed by atoms with Crippen molar-refractivity contribution >= 4 is 51.8 Å². The zero-order chi connectivity index (χ0) is 30.9. The number of terminal acetylenes is 1. The fourth-order valence-corrected chi connectivity index (χ4v) is 5.74. The van der Waals surface area contributed by atoms with E-state index in [0.29, 0.717) is 19.3 Å². The Hall–Kier alpha value is -2.42. The Kier molecular flexibility index (Phi) is 12.9. The van der Waals surface area contributed by atoms with Gasteiger partial charge in [0.05, 0.1) is 48.2 Å². The van der Waals surface area contributed by atoms with E-state index in [-0.39, 0.29) is 37.4 Å². The number of benzene rings is 1. The molecule has 1 heterocycles. The van der Waals surface area contributed by atoms with Crippen LogP contribution in [-0.4, -0.2) is 119 Å². The fraction of sp³-hybridized carbons (Fsp3) is 0.579. The van der Waals surface area contributed by atoms with Crippen molar-refractivity contribution in [1.29, 1.82) is 0 Å². The highest BCUT2D eigenvalue weighted by atomic mass is 32.2. The third-order valence-electron chi connectivity index (χ3n) is 4.75. The van der Waals surface area contributed by atoms with E-state index in [1.54, 1.807) is 0 Å². The molecule has 0 aromatic heterocycles. The van der Waals surface area contributed by atoms with Crippen LogP contribution in [0.2, 0.25) is 0 Å². The van der Waals surface area contributed by atoms with E-state index >= 15 is 0 Å². The minimum atomic E-state index is -4.30. The Morgan fingerprint density at radius 3 is 1.82 bits per heavy atom. The number of anilines is 1. The fourth-order valence-electron chi connectivity index (χ4n) is 3.29. The zero-order valence-electron chi connectivity index (χ0n) is 21.7. The van der Waals surface area contributed by atoms with Crippen molar-refractivity contribution in [3.05, 3.63) is 27.8 Å². The van der Waals surface area contributed by atoms with Gasteiger partial charge < -0.3 is 10.2 Å². The normalized spacial score (nSPS) is 15.0. The number of hydrogen-bond acceptors (Lipinski definition) is 14. The monoisotopic (exact) mass is 650 g/mol. The van der Waals surface area contributed by atoms with Crippen molar-refractivity contribution in [2.75, 3.05) is 76.1 Å².